The molecule has 5 heteroatoms. The fraction of sp³-hybridized carbons (Fsp3) is 0.444. The number of hydrogen-bond donors (Lipinski definition) is 2. The minimum atomic E-state index is -0.291. The van der Waals surface area contributed by atoms with E-state index in [0.717, 1.165) is 5.69 Å². The molecule has 1 aromatic rings. The number of rotatable bonds is 2. The van der Waals surface area contributed by atoms with Crippen LogP contribution >= 0.6 is 0 Å². The first kappa shape index (κ1) is 10.4. The summed E-state index contributed by atoms with van der Waals surface area (Å²) in [4.78, 5) is 19.2. The summed E-state index contributed by atoms with van der Waals surface area (Å²) in [6, 6.07) is -0.291. The van der Waals surface area contributed by atoms with Gasteiger partial charge < -0.3 is 5.32 Å². The van der Waals surface area contributed by atoms with Gasteiger partial charge in [0, 0.05) is 13.2 Å². The highest BCUT2D eigenvalue weighted by Gasteiger charge is 2.04. The third kappa shape index (κ3) is 2.69. The lowest BCUT2D eigenvalue weighted by atomic mass is 10.1. The summed E-state index contributed by atoms with van der Waals surface area (Å²) in [7, 11) is 1.55. The van der Waals surface area contributed by atoms with Crippen molar-refractivity contribution in [2.45, 2.75) is 19.8 Å². The Morgan fingerprint density at radius 2 is 2.14 bits per heavy atom. The molecule has 14 heavy (non-hydrogen) atoms. The Kier molecular flexibility index (Phi) is 3.39. The van der Waals surface area contributed by atoms with Gasteiger partial charge in [0.15, 0.2) is 5.82 Å². The van der Waals surface area contributed by atoms with Crippen molar-refractivity contribution in [3.05, 3.63) is 18.1 Å². The molecule has 0 fully saturated rings. The van der Waals surface area contributed by atoms with Crippen LogP contribution in [0.15, 0.2) is 12.4 Å². The van der Waals surface area contributed by atoms with Crippen molar-refractivity contribution in [3.8, 4) is 0 Å². The average Bonchev–Trinajstić information content (AvgIpc) is 2.18. The van der Waals surface area contributed by atoms with E-state index in [1.165, 1.54) is 6.20 Å². The van der Waals surface area contributed by atoms with Gasteiger partial charge in [-0.05, 0) is 5.92 Å². The van der Waals surface area contributed by atoms with Crippen LogP contribution in [0.25, 0.3) is 0 Å². The summed E-state index contributed by atoms with van der Waals surface area (Å²) in [6.45, 7) is 4.04. The van der Waals surface area contributed by atoms with Gasteiger partial charge in [0.1, 0.15) is 0 Å². The van der Waals surface area contributed by atoms with Crippen LogP contribution in [0.3, 0.4) is 0 Å². The molecule has 0 saturated heterocycles. The molecule has 1 aromatic heterocycles. The van der Waals surface area contributed by atoms with Crippen LogP contribution in [-0.2, 0) is 0 Å². The lowest BCUT2D eigenvalue weighted by molar-refractivity contribution is 0.254. The standard InChI is InChI=1S/C9H14N4O/c1-6(2)7-4-11-5-8(12-7)13-9(14)10-3/h4-6H,1-3H3,(H2,10,12,13,14). The van der Waals surface area contributed by atoms with Gasteiger partial charge in [-0.1, -0.05) is 13.8 Å². The first-order valence-electron chi connectivity index (χ1n) is 4.44. The number of carbonyl (C=O) groups is 1. The van der Waals surface area contributed by atoms with Crippen LogP contribution in [-0.4, -0.2) is 23.0 Å². The first-order chi connectivity index (χ1) is 6.63. The molecule has 0 atom stereocenters. The molecule has 0 aromatic carbocycles. The number of amides is 2. The predicted molar refractivity (Wildman–Crippen MR) is 54.2 cm³/mol. The molecule has 0 aliphatic rings. The second-order valence-corrected chi connectivity index (χ2v) is 3.19. The van der Waals surface area contributed by atoms with Crippen molar-refractivity contribution in [1.29, 1.82) is 0 Å². The van der Waals surface area contributed by atoms with Crippen LogP contribution in [0.5, 0.6) is 0 Å². The zero-order valence-electron chi connectivity index (χ0n) is 8.53. The van der Waals surface area contributed by atoms with Gasteiger partial charge in [-0.3, -0.25) is 10.3 Å². The van der Waals surface area contributed by atoms with Crippen molar-refractivity contribution in [2.24, 2.45) is 0 Å². The zero-order chi connectivity index (χ0) is 10.6. The number of carbonyl (C=O) groups excluding carboxylic acids is 1. The molecule has 2 N–H and O–H groups in total. The van der Waals surface area contributed by atoms with E-state index in [1.807, 2.05) is 13.8 Å². The van der Waals surface area contributed by atoms with Crippen molar-refractivity contribution < 1.29 is 4.79 Å². The maximum absolute atomic E-state index is 11.0. The molecular weight excluding hydrogens is 180 g/mol. The van der Waals surface area contributed by atoms with Crippen LogP contribution in [0.2, 0.25) is 0 Å². The molecule has 76 valence electrons. The Morgan fingerprint density at radius 1 is 1.43 bits per heavy atom. The maximum atomic E-state index is 11.0. The molecule has 0 unspecified atom stereocenters. The van der Waals surface area contributed by atoms with E-state index in [1.54, 1.807) is 13.2 Å². The third-order valence-corrected chi connectivity index (χ3v) is 1.71. The number of urea groups is 1. The second-order valence-electron chi connectivity index (χ2n) is 3.19. The molecule has 0 aliphatic carbocycles. The SMILES string of the molecule is CNC(=O)Nc1cncc(C(C)C)n1. The van der Waals surface area contributed by atoms with E-state index < -0.39 is 0 Å². The average molecular weight is 194 g/mol. The molecule has 0 spiro atoms. The van der Waals surface area contributed by atoms with Gasteiger partial charge in [0.05, 0.1) is 11.9 Å². The Bertz CT molecular complexity index is 324. The Balaban J connectivity index is 2.78. The molecule has 0 bridgehead atoms. The Morgan fingerprint density at radius 3 is 2.71 bits per heavy atom. The second kappa shape index (κ2) is 4.55. The summed E-state index contributed by atoms with van der Waals surface area (Å²) in [5, 5.41) is 5.01. The lowest BCUT2D eigenvalue weighted by Crippen LogP contribution is -2.25. The Hall–Kier alpha value is -1.65. The van der Waals surface area contributed by atoms with Gasteiger partial charge in [0.25, 0.3) is 0 Å². The number of anilines is 1. The molecule has 1 heterocycles. The summed E-state index contributed by atoms with van der Waals surface area (Å²) in [5.74, 6) is 0.768. The van der Waals surface area contributed by atoms with E-state index in [9.17, 15) is 4.79 Å². The topological polar surface area (TPSA) is 66.9 Å². The minimum absolute atomic E-state index is 0.291. The molecule has 0 radical (unpaired) electrons. The molecule has 0 saturated carbocycles. The number of hydrogen-bond acceptors (Lipinski definition) is 3. The fourth-order valence-corrected chi connectivity index (χ4v) is 0.898. The van der Waals surface area contributed by atoms with Crippen molar-refractivity contribution in [1.82, 2.24) is 15.3 Å². The van der Waals surface area contributed by atoms with Gasteiger partial charge in [-0.2, -0.15) is 0 Å². The van der Waals surface area contributed by atoms with Crippen molar-refractivity contribution in [2.75, 3.05) is 12.4 Å². The quantitative estimate of drug-likeness (QED) is 0.746. The highest BCUT2D eigenvalue weighted by molar-refractivity contribution is 5.87. The van der Waals surface area contributed by atoms with Crippen molar-refractivity contribution in [3.63, 3.8) is 0 Å². The molecular formula is C9H14N4O. The van der Waals surface area contributed by atoms with Gasteiger partial charge in [-0.25, -0.2) is 9.78 Å². The van der Waals surface area contributed by atoms with E-state index in [2.05, 4.69) is 20.6 Å². The number of aromatic nitrogens is 2. The minimum Gasteiger partial charge on any atom is -0.341 e. The zero-order valence-corrected chi connectivity index (χ0v) is 8.53. The molecule has 1 rings (SSSR count). The van der Waals surface area contributed by atoms with Gasteiger partial charge in [0.2, 0.25) is 0 Å². The van der Waals surface area contributed by atoms with E-state index >= 15 is 0 Å². The molecule has 0 aliphatic heterocycles. The smallest absolute Gasteiger partial charge is 0.320 e. The Labute approximate surface area is 83.0 Å². The molecule has 2 amide bonds. The fourth-order valence-electron chi connectivity index (χ4n) is 0.898. The summed E-state index contributed by atoms with van der Waals surface area (Å²) in [5.41, 5.74) is 0.860. The van der Waals surface area contributed by atoms with Crippen LogP contribution in [0.4, 0.5) is 10.6 Å². The van der Waals surface area contributed by atoms with E-state index in [-0.39, 0.29) is 6.03 Å². The van der Waals surface area contributed by atoms with Crippen LogP contribution in [0.1, 0.15) is 25.5 Å². The monoisotopic (exact) mass is 194 g/mol. The number of nitrogens with one attached hydrogen (secondary N) is 2. The first-order valence-corrected chi connectivity index (χ1v) is 4.44. The molecule has 5 nitrogen and oxygen atoms in total. The van der Waals surface area contributed by atoms with Crippen LogP contribution < -0.4 is 10.6 Å². The van der Waals surface area contributed by atoms with Crippen molar-refractivity contribution >= 4 is 11.8 Å². The third-order valence-electron chi connectivity index (χ3n) is 1.71. The summed E-state index contributed by atoms with van der Waals surface area (Å²) < 4.78 is 0. The highest BCUT2D eigenvalue weighted by Crippen LogP contribution is 2.11. The number of nitrogens with zero attached hydrogens (tertiary/aromatic N) is 2. The summed E-state index contributed by atoms with van der Waals surface area (Å²) >= 11 is 0. The predicted octanol–water partition coefficient (Wildman–Crippen LogP) is 1.35. The maximum Gasteiger partial charge on any atom is 0.320 e. The normalized spacial score (nSPS) is 10.0. The summed E-state index contributed by atoms with van der Waals surface area (Å²) in [6.07, 6.45) is 3.21. The van der Waals surface area contributed by atoms with Gasteiger partial charge in [-0.15, -0.1) is 0 Å². The van der Waals surface area contributed by atoms with Gasteiger partial charge >= 0.3 is 6.03 Å². The van der Waals surface area contributed by atoms with Crippen LogP contribution in [0, 0.1) is 0 Å². The van der Waals surface area contributed by atoms with E-state index in [4.69, 9.17) is 0 Å². The van der Waals surface area contributed by atoms with E-state index in [0.29, 0.717) is 11.7 Å². The largest absolute Gasteiger partial charge is 0.341 e. The lowest BCUT2D eigenvalue weighted by Gasteiger charge is -2.06. The highest BCUT2D eigenvalue weighted by atomic mass is 16.2.